The Kier molecular flexibility index (Phi) is 8.47. The third-order valence-electron chi connectivity index (χ3n) is 2.46. The van der Waals surface area contributed by atoms with Crippen molar-refractivity contribution in [2.75, 3.05) is 17.9 Å². The summed E-state index contributed by atoms with van der Waals surface area (Å²) in [6, 6.07) is 8.14. The van der Waals surface area contributed by atoms with Crippen LogP contribution in [0.3, 0.4) is 0 Å². The minimum absolute atomic E-state index is 0. The van der Waals surface area contributed by atoms with Crippen molar-refractivity contribution in [2.45, 2.75) is 33.2 Å². The van der Waals surface area contributed by atoms with Gasteiger partial charge in [0.25, 0.3) is 0 Å². The van der Waals surface area contributed by atoms with E-state index in [9.17, 15) is 0 Å². The zero-order chi connectivity index (χ0) is 13.8. The highest BCUT2D eigenvalue weighted by molar-refractivity contribution is 9.10. The molecule has 3 nitrogen and oxygen atoms in total. The van der Waals surface area contributed by atoms with Gasteiger partial charge < -0.3 is 0 Å². The lowest BCUT2D eigenvalue weighted by Gasteiger charge is -2.33. The molecule has 110 valence electrons. The summed E-state index contributed by atoms with van der Waals surface area (Å²) in [5, 5.41) is 1.97. The van der Waals surface area contributed by atoms with Gasteiger partial charge in [-0.1, -0.05) is 22.9 Å². The van der Waals surface area contributed by atoms with Gasteiger partial charge in [-0.25, -0.2) is 4.28 Å². The van der Waals surface area contributed by atoms with Crippen molar-refractivity contribution in [1.29, 1.82) is 0 Å². The van der Waals surface area contributed by atoms with Gasteiger partial charge in [0.15, 0.2) is 0 Å². The summed E-state index contributed by atoms with van der Waals surface area (Å²) >= 11 is 4.77. The molecule has 0 radical (unpaired) electrons. The van der Waals surface area contributed by atoms with Crippen LogP contribution in [0.2, 0.25) is 0 Å². The van der Waals surface area contributed by atoms with Gasteiger partial charge in [0.05, 0.1) is 0 Å². The fourth-order valence-electron chi connectivity index (χ4n) is 1.42. The van der Waals surface area contributed by atoms with E-state index in [0.717, 1.165) is 16.7 Å². The van der Waals surface area contributed by atoms with Crippen LogP contribution in [0, 0.1) is 0 Å². The summed E-state index contributed by atoms with van der Waals surface area (Å²) in [4.78, 5) is 0. The summed E-state index contributed by atoms with van der Waals surface area (Å²) < 4.78 is 8.85. The van der Waals surface area contributed by atoms with Gasteiger partial charge >= 0.3 is 0 Å². The van der Waals surface area contributed by atoms with Crippen LogP contribution in [0.1, 0.15) is 27.7 Å². The summed E-state index contributed by atoms with van der Waals surface area (Å²) in [5.74, 6) is 0. The van der Waals surface area contributed by atoms with Crippen LogP contribution < -0.4 is 4.31 Å². The van der Waals surface area contributed by atoms with Gasteiger partial charge in [-0.05, 0) is 45.0 Å². The molecule has 0 saturated heterocycles. The molecule has 0 bridgehead atoms. The summed E-state index contributed by atoms with van der Waals surface area (Å²) in [7, 11) is 1.99. The van der Waals surface area contributed by atoms with Crippen molar-refractivity contribution in [3.05, 3.63) is 28.7 Å². The van der Waals surface area contributed by atoms with Crippen molar-refractivity contribution in [3.8, 4) is 0 Å². The van der Waals surface area contributed by atoms with Crippen LogP contribution in [-0.2, 0) is 4.28 Å². The fourth-order valence-corrected chi connectivity index (χ4v) is 2.40. The molecular weight excluding hydrogens is 344 g/mol. The molecule has 1 aromatic rings. The van der Waals surface area contributed by atoms with E-state index in [1.165, 1.54) is 12.2 Å². The predicted octanol–water partition coefficient (Wildman–Crippen LogP) is 4.61. The fraction of sp³-hybridized carbons (Fsp3) is 0.538. The molecule has 0 aliphatic carbocycles. The number of hydrogen-bond acceptors (Lipinski definition) is 4. The first-order chi connectivity index (χ1) is 8.34. The van der Waals surface area contributed by atoms with Crippen LogP contribution >= 0.6 is 41.7 Å². The van der Waals surface area contributed by atoms with Crippen molar-refractivity contribution in [3.63, 3.8) is 0 Å². The third kappa shape index (κ3) is 6.40. The Morgan fingerprint density at radius 2 is 1.74 bits per heavy atom. The smallest absolute Gasteiger partial charge is 0.135 e. The number of halogens is 1. The van der Waals surface area contributed by atoms with E-state index in [-0.39, 0.29) is 19.0 Å². The summed E-state index contributed by atoms with van der Waals surface area (Å²) in [5.41, 5.74) is 1.11. The lowest BCUT2D eigenvalue weighted by Crippen LogP contribution is -2.40. The highest BCUT2D eigenvalue weighted by Crippen LogP contribution is 2.26. The molecular formula is C13H23BrN2OS2. The molecule has 0 aliphatic heterocycles. The molecule has 0 atom stereocenters. The van der Waals surface area contributed by atoms with E-state index < -0.39 is 0 Å². The Balaban J connectivity index is 0.00000324. The van der Waals surface area contributed by atoms with Gasteiger partial charge in [-0.15, -0.1) is 0 Å². The standard InChI is InChI=1S/C13H21BrN2OS.H2S/c1-6-16(13(2,3)4)17-18-15(5)12-9-7-11(14)8-10-12;/h7-10H,6H2,1-5H3;1H2. The maximum absolute atomic E-state index is 5.77. The summed E-state index contributed by atoms with van der Waals surface area (Å²) in [6.07, 6.45) is 0. The Hall–Kier alpha value is 0.120. The van der Waals surface area contributed by atoms with Crippen molar-refractivity contribution in [2.24, 2.45) is 0 Å². The van der Waals surface area contributed by atoms with Gasteiger partial charge in [-0.3, -0.25) is 4.31 Å². The Morgan fingerprint density at radius 3 is 2.16 bits per heavy atom. The number of rotatable bonds is 5. The molecule has 6 heteroatoms. The van der Waals surface area contributed by atoms with Crippen molar-refractivity contribution >= 4 is 47.3 Å². The molecule has 0 amide bonds. The second kappa shape index (κ2) is 8.42. The van der Waals surface area contributed by atoms with E-state index in [1.54, 1.807) is 0 Å². The molecule has 0 heterocycles. The van der Waals surface area contributed by atoms with E-state index in [4.69, 9.17) is 4.28 Å². The highest BCUT2D eigenvalue weighted by Gasteiger charge is 2.21. The van der Waals surface area contributed by atoms with Gasteiger partial charge in [0.1, 0.15) is 12.2 Å². The normalized spacial score (nSPS) is 11.3. The first kappa shape index (κ1) is 19.1. The van der Waals surface area contributed by atoms with Crippen LogP contribution in [0.4, 0.5) is 5.69 Å². The first-order valence-corrected chi connectivity index (χ1v) is 7.45. The van der Waals surface area contributed by atoms with Crippen molar-refractivity contribution < 1.29 is 4.28 Å². The Morgan fingerprint density at radius 1 is 1.21 bits per heavy atom. The lowest BCUT2D eigenvalue weighted by atomic mass is 10.1. The van der Waals surface area contributed by atoms with E-state index >= 15 is 0 Å². The summed E-state index contributed by atoms with van der Waals surface area (Å²) in [6.45, 7) is 9.35. The quantitative estimate of drug-likeness (QED) is 0.429. The molecule has 1 aromatic carbocycles. The Bertz CT molecular complexity index is 368. The minimum Gasteiger partial charge on any atom is -0.295 e. The molecule has 0 spiro atoms. The molecule has 0 fully saturated rings. The number of hydroxylamine groups is 2. The third-order valence-corrected chi connectivity index (χ3v) is 3.67. The molecule has 0 aromatic heterocycles. The minimum atomic E-state index is 0. The molecule has 0 aliphatic rings. The average Bonchev–Trinajstić information content (AvgIpc) is 2.28. The number of anilines is 1. The number of hydrogen-bond donors (Lipinski definition) is 0. The van der Waals surface area contributed by atoms with Crippen LogP contribution in [0.5, 0.6) is 0 Å². The van der Waals surface area contributed by atoms with Gasteiger partial charge in [0.2, 0.25) is 0 Å². The molecule has 0 saturated carbocycles. The maximum Gasteiger partial charge on any atom is 0.135 e. The molecule has 1 rings (SSSR count). The molecule has 0 unspecified atom stereocenters. The zero-order valence-electron chi connectivity index (χ0n) is 12.1. The molecule has 0 N–H and O–H groups in total. The second-order valence-electron chi connectivity index (χ2n) is 4.99. The van der Waals surface area contributed by atoms with Gasteiger partial charge in [-0.2, -0.15) is 18.6 Å². The second-order valence-corrected chi connectivity index (χ2v) is 6.75. The highest BCUT2D eigenvalue weighted by atomic mass is 79.9. The Labute approximate surface area is 136 Å². The largest absolute Gasteiger partial charge is 0.295 e. The SMILES string of the molecule is CCN(OSN(C)c1ccc(Br)cc1)C(C)(C)C.S. The van der Waals surface area contributed by atoms with Crippen LogP contribution in [0.15, 0.2) is 28.7 Å². The number of benzene rings is 1. The first-order valence-electron chi connectivity index (χ1n) is 5.96. The zero-order valence-corrected chi connectivity index (χ0v) is 15.5. The van der Waals surface area contributed by atoms with Gasteiger partial charge in [0, 0.05) is 29.3 Å². The van der Waals surface area contributed by atoms with Crippen molar-refractivity contribution in [1.82, 2.24) is 5.06 Å². The lowest BCUT2D eigenvalue weighted by molar-refractivity contribution is -0.105. The van der Waals surface area contributed by atoms with Crippen LogP contribution in [-0.4, -0.2) is 24.2 Å². The van der Waals surface area contributed by atoms with E-state index in [2.05, 4.69) is 43.6 Å². The maximum atomic E-state index is 5.77. The average molecular weight is 367 g/mol. The number of nitrogens with zero attached hydrogens (tertiary/aromatic N) is 2. The van der Waals surface area contributed by atoms with E-state index in [1.807, 2.05) is 40.7 Å². The van der Waals surface area contributed by atoms with Crippen LogP contribution in [0.25, 0.3) is 0 Å². The molecule has 19 heavy (non-hydrogen) atoms. The predicted molar refractivity (Wildman–Crippen MR) is 93.7 cm³/mol. The monoisotopic (exact) mass is 366 g/mol. The van der Waals surface area contributed by atoms with E-state index in [0.29, 0.717) is 0 Å². The topological polar surface area (TPSA) is 15.7 Å².